The minimum absolute atomic E-state index is 1.29. The van der Waals surface area contributed by atoms with Gasteiger partial charge in [-0.05, 0) is 60.8 Å². The van der Waals surface area contributed by atoms with Crippen molar-refractivity contribution in [3.63, 3.8) is 0 Å². The molecule has 1 aromatic carbocycles. The fraction of sp³-hybridized carbons (Fsp3) is 0.429. The summed E-state index contributed by atoms with van der Waals surface area (Å²) in [5, 5.41) is 0. The van der Waals surface area contributed by atoms with Crippen molar-refractivity contribution >= 4 is 5.57 Å². The molecule has 3 rings (SSSR count). The van der Waals surface area contributed by atoms with Gasteiger partial charge in [0.15, 0.2) is 0 Å². The fourth-order valence-corrected chi connectivity index (χ4v) is 2.62. The molecule has 0 saturated carbocycles. The Labute approximate surface area is 85.6 Å². The number of benzene rings is 1. The van der Waals surface area contributed by atoms with E-state index >= 15 is 0 Å². The lowest BCUT2D eigenvalue weighted by Gasteiger charge is -2.23. The van der Waals surface area contributed by atoms with Crippen molar-refractivity contribution in [3.05, 3.63) is 41.0 Å². The molecule has 1 aromatic rings. The molecule has 14 heavy (non-hydrogen) atoms. The van der Waals surface area contributed by atoms with Crippen molar-refractivity contribution in [2.24, 2.45) is 0 Å². The maximum absolute atomic E-state index is 2.39. The predicted molar refractivity (Wildman–Crippen MR) is 60.3 cm³/mol. The zero-order valence-electron chi connectivity index (χ0n) is 8.55. The fourth-order valence-electron chi connectivity index (χ4n) is 2.62. The van der Waals surface area contributed by atoms with Crippen LogP contribution in [0.5, 0.6) is 0 Å². The normalized spacial score (nSPS) is 19.6. The highest BCUT2D eigenvalue weighted by Gasteiger charge is 2.17. The quantitative estimate of drug-likeness (QED) is 0.623. The summed E-state index contributed by atoms with van der Waals surface area (Å²) in [7, 11) is 0. The average molecular weight is 184 g/mol. The Bertz CT molecular complexity index is 385. The van der Waals surface area contributed by atoms with Gasteiger partial charge in [-0.1, -0.05) is 24.3 Å². The molecule has 0 N–H and O–H groups in total. The first kappa shape index (κ1) is 8.28. The lowest BCUT2D eigenvalue weighted by Crippen LogP contribution is -2.07. The van der Waals surface area contributed by atoms with Crippen LogP contribution in [-0.4, -0.2) is 0 Å². The van der Waals surface area contributed by atoms with E-state index in [2.05, 4.69) is 24.3 Å². The molecule has 0 nitrogen and oxygen atoms in total. The average Bonchev–Trinajstić information content (AvgIpc) is 2.16. The standard InChI is InChI=1S/C14H16/c1-2-9-13-11(5-1)8-4-10-14(13)12-6-3-7-12/h4,6,8,10H,1-3,5,7,9H2. The number of allylic oxidation sites excluding steroid dienone is 2. The highest BCUT2D eigenvalue weighted by Crippen LogP contribution is 2.35. The second-order valence-electron chi connectivity index (χ2n) is 4.42. The van der Waals surface area contributed by atoms with Crippen molar-refractivity contribution < 1.29 is 0 Å². The van der Waals surface area contributed by atoms with Crippen molar-refractivity contribution in [3.8, 4) is 0 Å². The summed E-state index contributed by atoms with van der Waals surface area (Å²) in [5.41, 5.74) is 6.43. The largest absolute Gasteiger partial charge is 0.0804 e. The molecule has 0 amide bonds. The van der Waals surface area contributed by atoms with Crippen LogP contribution in [0.15, 0.2) is 24.3 Å². The van der Waals surface area contributed by atoms with Crippen molar-refractivity contribution in [1.29, 1.82) is 0 Å². The molecular weight excluding hydrogens is 168 g/mol. The second kappa shape index (κ2) is 3.27. The van der Waals surface area contributed by atoms with Gasteiger partial charge in [0.2, 0.25) is 0 Å². The van der Waals surface area contributed by atoms with E-state index in [-0.39, 0.29) is 0 Å². The van der Waals surface area contributed by atoms with Gasteiger partial charge in [-0.2, -0.15) is 0 Å². The van der Waals surface area contributed by atoms with E-state index in [1.165, 1.54) is 38.5 Å². The SMILES string of the molecule is C1=C(c2cccc3c2CCCC3)CC1. The van der Waals surface area contributed by atoms with E-state index in [4.69, 9.17) is 0 Å². The molecular formula is C14H16. The molecule has 0 spiro atoms. The summed E-state index contributed by atoms with van der Waals surface area (Å²) in [6.07, 6.45) is 10.4. The molecule has 0 aliphatic heterocycles. The zero-order chi connectivity index (χ0) is 9.38. The third kappa shape index (κ3) is 1.21. The van der Waals surface area contributed by atoms with Crippen molar-refractivity contribution in [2.75, 3.05) is 0 Å². The van der Waals surface area contributed by atoms with Crippen LogP contribution in [0.25, 0.3) is 5.57 Å². The molecule has 2 aliphatic carbocycles. The Balaban J connectivity index is 2.10. The number of rotatable bonds is 1. The van der Waals surface area contributed by atoms with Crippen molar-refractivity contribution in [2.45, 2.75) is 38.5 Å². The van der Waals surface area contributed by atoms with Crippen LogP contribution in [0, 0.1) is 0 Å². The predicted octanol–water partition coefficient (Wildman–Crippen LogP) is 3.74. The van der Waals surface area contributed by atoms with E-state index in [0.717, 1.165) is 0 Å². The molecule has 0 fully saturated rings. The van der Waals surface area contributed by atoms with Gasteiger partial charge >= 0.3 is 0 Å². The van der Waals surface area contributed by atoms with Gasteiger partial charge in [-0.25, -0.2) is 0 Å². The lowest BCUT2D eigenvalue weighted by molar-refractivity contribution is 0.683. The summed E-state index contributed by atoms with van der Waals surface area (Å²) in [6, 6.07) is 6.87. The number of fused-ring (bicyclic) bond motifs is 1. The smallest absolute Gasteiger partial charge is 0.0193 e. The van der Waals surface area contributed by atoms with Gasteiger partial charge in [0, 0.05) is 0 Å². The minimum atomic E-state index is 1.29. The van der Waals surface area contributed by atoms with Gasteiger partial charge in [0.1, 0.15) is 0 Å². The van der Waals surface area contributed by atoms with Gasteiger partial charge in [-0.15, -0.1) is 0 Å². The summed E-state index contributed by atoms with van der Waals surface area (Å²) in [6.45, 7) is 0. The molecule has 0 atom stereocenters. The monoisotopic (exact) mass is 184 g/mol. The Morgan fingerprint density at radius 1 is 0.929 bits per heavy atom. The number of hydrogen-bond acceptors (Lipinski definition) is 0. The van der Waals surface area contributed by atoms with Crippen LogP contribution in [0.1, 0.15) is 42.4 Å². The van der Waals surface area contributed by atoms with Gasteiger partial charge in [0.05, 0.1) is 0 Å². The highest BCUT2D eigenvalue weighted by atomic mass is 14.2. The number of hydrogen-bond donors (Lipinski definition) is 0. The molecule has 0 heteroatoms. The molecule has 0 bridgehead atoms. The molecule has 0 saturated heterocycles. The summed E-state index contributed by atoms with van der Waals surface area (Å²) in [5.74, 6) is 0. The van der Waals surface area contributed by atoms with E-state index in [1.807, 2.05) is 0 Å². The maximum atomic E-state index is 2.39. The van der Waals surface area contributed by atoms with Gasteiger partial charge < -0.3 is 0 Å². The summed E-state index contributed by atoms with van der Waals surface area (Å²) >= 11 is 0. The lowest BCUT2D eigenvalue weighted by atomic mass is 9.82. The summed E-state index contributed by atoms with van der Waals surface area (Å²) in [4.78, 5) is 0. The van der Waals surface area contributed by atoms with E-state index in [0.29, 0.717) is 0 Å². The molecule has 0 unspecified atom stereocenters. The van der Waals surface area contributed by atoms with Crippen LogP contribution in [-0.2, 0) is 12.8 Å². The van der Waals surface area contributed by atoms with Crippen LogP contribution >= 0.6 is 0 Å². The zero-order valence-corrected chi connectivity index (χ0v) is 8.55. The molecule has 0 radical (unpaired) electrons. The van der Waals surface area contributed by atoms with Crippen molar-refractivity contribution in [1.82, 2.24) is 0 Å². The highest BCUT2D eigenvalue weighted by molar-refractivity contribution is 5.73. The van der Waals surface area contributed by atoms with E-state index < -0.39 is 0 Å². The first-order valence-corrected chi connectivity index (χ1v) is 5.75. The molecule has 0 aromatic heterocycles. The third-order valence-corrected chi connectivity index (χ3v) is 3.55. The first-order chi connectivity index (χ1) is 6.95. The molecule has 2 aliphatic rings. The Morgan fingerprint density at radius 3 is 2.57 bits per heavy atom. The molecule has 0 heterocycles. The summed E-state index contributed by atoms with van der Waals surface area (Å²) < 4.78 is 0. The Morgan fingerprint density at radius 2 is 1.79 bits per heavy atom. The van der Waals surface area contributed by atoms with Crippen LogP contribution in [0.3, 0.4) is 0 Å². The van der Waals surface area contributed by atoms with E-state index in [1.54, 1.807) is 22.3 Å². The molecule has 72 valence electrons. The van der Waals surface area contributed by atoms with Gasteiger partial charge in [-0.3, -0.25) is 0 Å². The third-order valence-electron chi connectivity index (χ3n) is 3.55. The minimum Gasteiger partial charge on any atom is -0.0804 e. The van der Waals surface area contributed by atoms with Crippen LogP contribution in [0.4, 0.5) is 0 Å². The maximum Gasteiger partial charge on any atom is -0.0193 e. The second-order valence-corrected chi connectivity index (χ2v) is 4.42. The number of aryl methyl sites for hydroxylation is 1. The van der Waals surface area contributed by atoms with E-state index in [9.17, 15) is 0 Å². The van der Waals surface area contributed by atoms with Crippen LogP contribution < -0.4 is 0 Å². The van der Waals surface area contributed by atoms with Crippen LogP contribution in [0.2, 0.25) is 0 Å². The topological polar surface area (TPSA) is 0 Å². The Hall–Kier alpha value is -1.04. The Kier molecular flexibility index (Phi) is 1.93. The van der Waals surface area contributed by atoms with Gasteiger partial charge in [0.25, 0.3) is 0 Å². The first-order valence-electron chi connectivity index (χ1n) is 5.75.